The van der Waals surface area contributed by atoms with Crippen molar-refractivity contribution >= 4 is 11.7 Å². The highest BCUT2D eigenvalue weighted by atomic mass is 19.1. The lowest BCUT2D eigenvalue weighted by molar-refractivity contribution is -0.386. The SMILES string of the molecule is CC(F)c1cc(C(=O)O)ccc1[N+](=O)[O-]. The number of carbonyl (C=O) groups is 1. The molecule has 1 N–H and O–H groups in total. The zero-order valence-corrected chi connectivity index (χ0v) is 7.81. The third kappa shape index (κ3) is 2.28. The van der Waals surface area contributed by atoms with E-state index in [-0.39, 0.29) is 11.1 Å². The number of nitro benzene ring substituents is 1. The second-order valence-corrected chi connectivity index (χ2v) is 2.95. The number of benzene rings is 1. The molecule has 0 spiro atoms. The summed E-state index contributed by atoms with van der Waals surface area (Å²) in [6, 6.07) is 3.05. The largest absolute Gasteiger partial charge is 0.478 e. The maximum Gasteiger partial charge on any atom is 0.335 e. The van der Waals surface area contributed by atoms with Gasteiger partial charge >= 0.3 is 5.97 Å². The molecule has 6 heteroatoms. The minimum Gasteiger partial charge on any atom is -0.478 e. The highest BCUT2D eigenvalue weighted by Gasteiger charge is 2.20. The van der Waals surface area contributed by atoms with E-state index < -0.39 is 22.8 Å². The van der Waals surface area contributed by atoms with E-state index in [1.54, 1.807) is 0 Å². The number of nitro groups is 1. The maximum absolute atomic E-state index is 13.0. The first-order valence-corrected chi connectivity index (χ1v) is 4.09. The summed E-state index contributed by atoms with van der Waals surface area (Å²) in [4.78, 5) is 20.3. The van der Waals surface area contributed by atoms with Crippen molar-refractivity contribution in [1.29, 1.82) is 0 Å². The van der Waals surface area contributed by atoms with Crippen LogP contribution < -0.4 is 0 Å². The summed E-state index contributed by atoms with van der Waals surface area (Å²) in [5.74, 6) is -1.24. The standard InChI is InChI=1S/C9H8FNO4/c1-5(10)7-4-6(9(12)13)2-3-8(7)11(14)15/h2-5H,1H3,(H,12,13). The van der Waals surface area contributed by atoms with Crippen LogP contribution in [0, 0.1) is 10.1 Å². The fourth-order valence-electron chi connectivity index (χ4n) is 1.17. The molecule has 0 aliphatic rings. The van der Waals surface area contributed by atoms with Gasteiger partial charge < -0.3 is 5.11 Å². The smallest absolute Gasteiger partial charge is 0.335 e. The predicted molar refractivity (Wildman–Crippen MR) is 49.6 cm³/mol. The number of hydrogen-bond donors (Lipinski definition) is 1. The van der Waals surface area contributed by atoms with Gasteiger partial charge in [0.05, 0.1) is 16.1 Å². The van der Waals surface area contributed by atoms with E-state index in [1.165, 1.54) is 0 Å². The summed E-state index contributed by atoms with van der Waals surface area (Å²) in [7, 11) is 0. The fourth-order valence-corrected chi connectivity index (χ4v) is 1.17. The van der Waals surface area contributed by atoms with Crippen molar-refractivity contribution in [3.05, 3.63) is 39.4 Å². The molecule has 1 aromatic rings. The zero-order valence-electron chi connectivity index (χ0n) is 7.81. The lowest BCUT2D eigenvalue weighted by Crippen LogP contribution is -2.02. The van der Waals surface area contributed by atoms with Crippen molar-refractivity contribution in [3.63, 3.8) is 0 Å². The maximum atomic E-state index is 13.0. The van der Waals surface area contributed by atoms with Gasteiger partial charge in [0.15, 0.2) is 0 Å². The van der Waals surface area contributed by atoms with Crippen LogP contribution in [-0.2, 0) is 0 Å². The van der Waals surface area contributed by atoms with Gasteiger partial charge in [0, 0.05) is 6.07 Å². The summed E-state index contributed by atoms with van der Waals surface area (Å²) in [6.07, 6.45) is -1.58. The van der Waals surface area contributed by atoms with E-state index in [1.807, 2.05) is 0 Å². The van der Waals surface area contributed by atoms with E-state index in [9.17, 15) is 19.3 Å². The molecule has 0 fully saturated rings. The van der Waals surface area contributed by atoms with E-state index in [0.717, 1.165) is 25.1 Å². The molecule has 0 aromatic heterocycles. The number of carboxylic acid groups (broad SMARTS) is 1. The molecule has 80 valence electrons. The van der Waals surface area contributed by atoms with Crippen LogP contribution in [0.4, 0.5) is 10.1 Å². The number of rotatable bonds is 3. The van der Waals surface area contributed by atoms with Crippen LogP contribution in [0.15, 0.2) is 18.2 Å². The Morgan fingerprint density at radius 2 is 2.20 bits per heavy atom. The molecule has 0 amide bonds. The summed E-state index contributed by atoms with van der Waals surface area (Å²) in [6.45, 7) is 1.12. The van der Waals surface area contributed by atoms with Crippen LogP contribution in [0.1, 0.15) is 29.0 Å². The highest BCUT2D eigenvalue weighted by Crippen LogP contribution is 2.28. The number of halogens is 1. The molecule has 1 aromatic carbocycles. The van der Waals surface area contributed by atoms with Crippen molar-refractivity contribution in [2.24, 2.45) is 0 Å². The zero-order chi connectivity index (χ0) is 11.6. The van der Waals surface area contributed by atoms with Gasteiger partial charge in [-0.15, -0.1) is 0 Å². The molecular weight excluding hydrogens is 205 g/mol. The van der Waals surface area contributed by atoms with Crippen molar-refractivity contribution in [2.75, 3.05) is 0 Å². The number of hydrogen-bond acceptors (Lipinski definition) is 3. The van der Waals surface area contributed by atoms with Crippen LogP contribution in [0.3, 0.4) is 0 Å². The van der Waals surface area contributed by atoms with Crippen LogP contribution in [0.2, 0.25) is 0 Å². The van der Waals surface area contributed by atoms with E-state index >= 15 is 0 Å². The van der Waals surface area contributed by atoms with E-state index in [4.69, 9.17) is 5.11 Å². The summed E-state index contributed by atoms with van der Waals surface area (Å²) >= 11 is 0. The summed E-state index contributed by atoms with van der Waals surface area (Å²) in [5, 5.41) is 19.1. The van der Waals surface area contributed by atoms with Gasteiger partial charge in [-0.25, -0.2) is 9.18 Å². The number of nitrogens with zero attached hydrogens (tertiary/aromatic N) is 1. The van der Waals surface area contributed by atoms with Crippen LogP contribution in [0.25, 0.3) is 0 Å². The van der Waals surface area contributed by atoms with Gasteiger partial charge in [-0.2, -0.15) is 0 Å². The topological polar surface area (TPSA) is 80.4 Å². The lowest BCUT2D eigenvalue weighted by atomic mass is 10.1. The Kier molecular flexibility index (Phi) is 2.99. The lowest BCUT2D eigenvalue weighted by Gasteiger charge is -2.04. The molecule has 0 aliphatic heterocycles. The normalized spacial score (nSPS) is 12.1. The molecule has 0 bridgehead atoms. The van der Waals surface area contributed by atoms with Crippen LogP contribution in [0.5, 0.6) is 0 Å². The second-order valence-electron chi connectivity index (χ2n) is 2.95. The first kappa shape index (κ1) is 11.1. The molecule has 0 saturated heterocycles. The fraction of sp³-hybridized carbons (Fsp3) is 0.222. The molecular formula is C9H8FNO4. The van der Waals surface area contributed by atoms with Gasteiger partial charge in [-0.3, -0.25) is 10.1 Å². The van der Waals surface area contributed by atoms with Crippen molar-refractivity contribution in [3.8, 4) is 0 Å². The van der Waals surface area contributed by atoms with Crippen molar-refractivity contribution in [2.45, 2.75) is 13.1 Å². The minimum atomic E-state index is -1.58. The Hall–Kier alpha value is -1.98. The van der Waals surface area contributed by atoms with Crippen LogP contribution >= 0.6 is 0 Å². The second kappa shape index (κ2) is 4.04. The first-order chi connectivity index (χ1) is 6.93. The Bertz CT molecular complexity index is 417. The Balaban J connectivity index is 3.33. The Morgan fingerprint density at radius 3 is 2.60 bits per heavy atom. The Labute approximate surface area is 84.3 Å². The highest BCUT2D eigenvalue weighted by molar-refractivity contribution is 5.88. The van der Waals surface area contributed by atoms with Gasteiger partial charge in [0.1, 0.15) is 6.17 Å². The van der Waals surface area contributed by atoms with Crippen LogP contribution in [-0.4, -0.2) is 16.0 Å². The molecule has 0 saturated carbocycles. The molecule has 1 rings (SSSR count). The quantitative estimate of drug-likeness (QED) is 0.617. The van der Waals surface area contributed by atoms with Gasteiger partial charge in [-0.05, 0) is 19.1 Å². The molecule has 1 atom stereocenters. The average Bonchev–Trinajstić information content (AvgIpc) is 2.16. The third-order valence-corrected chi connectivity index (χ3v) is 1.90. The number of alkyl halides is 1. The average molecular weight is 213 g/mol. The third-order valence-electron chi connectivity index (χ3n) is 1.90. The van der Waals surface area contributed by atoms with E-state index in [0.29, 0.717) is 0 Å². The molecule has 0 aliphatic carbocycles. The molecule has 5 nitrogen and oxygen atoms in total. The molecule has 15 heavy (non-hydrogen) atoms. The van der Waals surface area contributed by atoms with E-state index in [2.05, 4.69) is 0 Å². The monoisotopic (exact) mass is 213 g/mol. The minimum absolute atomic E-state index is 0.167. The number of aromatic carboxylic acids is 1. The predicted octanol–water partition coefficient (Wildman–Crippen LogP) is 2.32. The Morgan fingerprint density at radius 1 is 1.60 bits per heavy atom. The van der Waals surface area contributed by atoms with Crippen molar-refractivity contribution < 1.29 is 19.2 Å². The van der Waals surface area contributed by atoms with Gasteiger partial charge in [0.25, 0.3) is 5.69 Å². The summed E-state index contributed by atoms with van der Waals surface area (Å²) < 4.78 is 13.0. The van der Waals surface area contributed by atoms with Gasteiger partial charge in [0.2, 0.25) is 0 Å². The summed E-state index contributed by atoms with van der Waals surface area (Å²) in [5.41, 5.74) is -0.796. The molecule has 0 heterocycles. The van der Waals surface area contributed by atoms with Crippen molar-refractivity contribution in [1.82, 2.24) is 0 Å². The van der Waals surface area contributed by atoms with Gasteiger partial charge in [-0.1, -0.05) is 0 Å². The molecule has 0 radical (unpaired) electrons. The molecule has 1 unspecified atom stereocenters. The first-order valence-electron chi connectivity index (χ1n) is 4.09. The number of carboxylic acids is 1.